The molecule has 0 fully saturated rings. The summed E-state index contributed by atoms with van der Waals surface area (Å²) in [5, 5.41) is 3.44. The predicted molar refractivity (Wildman–Crippen MR) is 76.4 cm³/mol. The Bertz CT molecular complexity index is 512. The number of imidazole rings is 1. The first-order chi connectivity index (χ1) is 8.59. The second-order valence-electron chi connectivity index (χ2n) is 5.12. The molecule has 96 valence electrons. The van der Waals surface area contributed by atoms with Crippen molar-refractivity contribution >= 4 is 11.6 Å². The Morgan fingerprint density at radius 1 is 1.11 bits per heavy atom. The first-order valence-electron chi connectivity index (χ1n) is 6.48. The summed E-state index contributed by atoms with van der Waals surface area (Å²) in [6, 6.07) is 8.80. The van der Waals surface area contributed by atoms with Crippen LogP contribution in [0, 0.1) is 0 Å². The van der Waals surface area contributed by atoms with E-state index in [1.807, 2.05) is 12.4 Å². The van der Waals surface area contributed by atoms with Gasteiger partial charge in [0.05, 0.1) is 0 Å². The zero-order chi connectivity index (χ0) is 13.1. The van der Waals surface area contributed by atoms with Crippen molar-refractivity contribution in [2.24, 2.45) is 0 Å². The highest BCUT2D eigenvalue weighted by molar-refractivity contribution is 5.59. The normalized spacial score (nSPS) is 11.2. The average molecular weight is 243 g/mol. The van der Waals surface area contributed by atoms with Crippen LogP contribution in [0.1, 0.15) is 45.2 Å². The lowest BCUT2D eigenvalue weighted by molar-refractivity contribution is 0.607. The topological polar surface area (TPSA) is 29.9 Å². The van der Waals surface area contributed by atoms with Crippen molar-refractivity contribution in [3.63, 3.8) is 0 Å². The van der Waals surface area contributed by atoms with E-state index in [-0.39, 0.29) is 0 Å². The molecule has 1 N–H and O–H groups in total. The number of nitrogens with one attached hydrogen (secondary N) is 1. The third-order valence-corrected chi connectivity index (χ3v) is 3.05. The third-order valence-electron chi connectivity index (χ3n) is 3.05. The molecule has 1 heterocycles. The van der Waals surface area contributed by atoms with Gasteiger partial charge in [-0.2, -0.15) is 0 Å². The van der Waals surface area contributed by atoms with Crippen molar-refractivity contribution in [1.29, 1.82) is 0 Å². The van der Waals surface area contributed by atoms with Crippen LogP contribution >= 0.6 is 0 Å². The van der Waals surface area contributed by atoms with Crippen LogP contribution in [0.4, 0.5) is 11.6 Å². The molecule has 0 bridgehead atoms. The Kier molecular flexibility index (Phi) is 3.70. The number of benzene rings is 1. The van der Waals surface area contributed by atoms with Gasteiger partial charge in [-0.3, -0.25) is 0 Å². The van der Waals surface area contributed by atoms with Crippen molar-refractivity contribution in [1.82, 2.24) is 9.55 Å². The molecule has 0 amide bonds. The monoisotopic (exact) mass is 243 g/mol. The molecule has 0 saturated carbocycles. The van der Waals surface area contributed by atoms with E-state index in [0.29, 0.717) is 12.0 Å². The number of nitrogens with zero attached hydrogens (tertiary/aromatic N) is 2. The van der Waals surface area contributed by atoms with E-state index in [9.17, 15) is 0 Å². The second-order valence-corrected chi connectivity index (χ2v) is 5.12. The molecule has 0 spiro atoms. The van der Waals surface area contributed by atoms with Crippen LogP contribution in [-0.2, 0) is 0 Å². The summed E-state index contributed by atoms with van der Waals surface area (Å²) < 4.78 is 2.14. The molecule has 0 atom stereocenters. The predicted octanol–water partition coefficient (Wildman–Crippen LogP) is 4.33. The minimum Gasteiger partial charge on any atom is -0.325 e. The number of rotatable bonds is 4. The Morgan fingerprint density at radius 3 is 2.50 bits per heavy atom. The molecule has 3 heteroatoms. The van der Waals surface area contributed by atoms with Crippen molar-refractivity contribution in [3.05, 3.63) is 42.2 Å². The first kappa shape index (κ1) is 12.7. The molecule has 0 unspecified atom stereocenters. The van der Waals surface area contributed by atoms with Crippen molar-refractivity contribution < 1.29 is 0 Å². The van der Waals surface area contributed by atoms with E-state index in [4.69, 9.17) is 0 Å². The minimum atomic E-state index is 0.404. The molecule has 1 aromatic heterocycles. The van der Waals surface area contributed by atoms with E-state index in [1.165, 1.54) is 5.56 Å². The first-order valence-corrected chi connectivity index (χ1v) is 6.48. The van der Waals surface area contributed by atoms with Gasteiger partial charge in [0.2, 0.25) is 5.95 Å². The van der Waals surface area contributed by atoms with E-state index >= 15 is 0 Å². The smallest absolute Gasteiger partial charge is 0.207 e. The standard InChI is InChI=1S/C15H21N3/c1-11(2)13-7-5-6-8-14(13)17-15-16-9-10-18(15)12(3)4/h5-12H,1-4H3,(H,16,17). The summed E-state index contributed by atoms with van der Waals surface area (Å²) in [5.74, 6) is 1.40. The molecule has 1 aromatic carbocycles. The molecular weight excluding hydrogens is 222 g/mol. The Hall–Kier alpha value is -1.77. The number of aromatic nitrogens is 2. The maximum atomic E-state index is 4.39. The van der Waals surface area contributed by atoms with Crippen LogP contribution in [0.2, 0.25) is 0 Å². The molecule has 2 aromatic rings. The maximum Gasteiger partial charge on any atom is 0.207 e. The summed E-state index contributed by atoms with van der Waals surface area (Å²) in [5.41, 5.74) is 2.46. The van der Waals surface area contributed by atoms with Crippen LogP contribution in [0.15, 0.2) is 36.7 Å². The SMILES string of the molecule is CC(C)c1ccccc1Nc1nccn1C(C)C. The number of hydrogen-bond acceptors (Lipinski definition) is 2. The fraction of sp³-hybridized carbons (Fsp3) is 0.400. The van der Waals surface area contributed by atoms with Gasteiger partial charge in [0, 0.05) is 24.1 Å². The molecule has 0 aliphatic heterocycles. The lowest BCUT2D eigenvalue weighted by atomic mass is 10.0. The quantitative estimate of drug-likeness (QED) is 0.866. The summed E-state index contributed by atoms with van der Waals surface area (Å²) >= 11 is 0. The molecule has 18 heavy (non-hydrogen) atoms. The van der Waals surface area contributed by atoms with Gasteiger partial charge in [-0.15, -0.1) is 0 Å². The molecule has 0 saturated heterocycles. The molecule has 0 aliphatic rings. The fourth-order valence-electron chi connectivity index (χ4n) is 2.06. The fourth-order valence-corrected chi connectivity index (χ4v) is 2.06. The van der Waals surface area contributed by atoms with Gasteiger partial charge in [-0.25, -0.2) is 4.98 Å². The van der Waals surface area contributed by atoms with Crippen LogP contribution in [0.25, 0.3) is 0 Å². The van der Waals surface area contributed by atoms with Gasteiger partial charge >= 0.3 is 0 Å². The lowest BCUT2D eigenvalue weighted by Crippen LogP contribution is -2.06. The largest absolute Gasteiger partial charge is 0.325 e. The molecule has 0 radical (unpaired) electrons. The van der Waals surface area contributed by atoms with Crippen LogP contribution < -0.4 is 5.32 Å². The van der Waals surface area contributed by atoms with Crippen molar-refractivity contribution in [3.8, 4) is 0 Å². The lowest BCUT2D eigenvalue weighted by Gasteiger charge is -2.16. The zero-order valence-electron chi connectivity index (χ0n) is 11.5. The minimum absolute atomic E-state index is 0.404. The summed E-state index contributed by atoms with van der Waals surface area (Å²) in [6.45, 7) is 8.72. The summed E-state index contributed by atoms with van der Waals surface area (Å²) in [7, 11) is 0. The van der Waals surface area contributed by atoms with E-state index in [1.54, 1.807) is 0 Å². The number of anilines is 2. The van der Waals surface area contributed by atoms with Crippen molar-refractivity contribution in [2.75, 3.05) is 5.32 Å². The Balaban J connectivity index is 2.31. The van der Waals surface area contributed by atoms with Gasteiger partial charge in [-0.1, -0.05) is 32.0 Å². The van der Waals surface area contributed by atoms with E-state index in [2.05, 4.69) is 66.8 Å². The Labute approximate surface area is 109 Å². The third kappa shape index (κ3) is 2.55. The zero-order valence-corrected chi connectivity index (χ0v) is 11.5. The van der Waals surface area contributed by atoms with Gasteiger partial charge in [-0.05, 0) is 31.4 Å². The number of hydrogen-bond donors (Lipinski definition) is 1. The van der Waals surface area contributed by atoms with Crippen LogP contribution in [-0.4, -0.2) is 9.55 Å². The van der Waals surface area contributed by atoms with Crippen LogP contribution in [0.3, 0.4) is 0 Å². The average Bonchev–Trinajstić information content (AvgIpc) is 2.77. The molecule has 3 nitrogen and oxygen atoms in total. The highest BCUT2D eigenvalue weighted by atomic mass is 15.2. The number of para-hydroxylation sites is 1. The van der Waals surface area contributed by atoms with Gasteiger partial charge in [0.1, 0.15) is 0 Å². The second kappa shape index (κ2) is 5.25. The summed E-state index contributed by atoms with van der Waals surface area (Å²) in [4.78, 5) is 4.39. The van der Waals surface area contributed by atoms with Crippen molar-refractivity contribution in [2.45, 2.75) is 39.7 Å². The van der Waals surface area contributed by atoms with E-state index < -0.39 is 0 Å². The molecule has 0 aliphatic carbocycles. The van der Waals surface area contributed by atoms with Crippen LogP contribution in [0.5, 0.6) is 0 Å². The Morgan fingerprint density at radius 2 is 1.83 bits per heavy atom. The molecule has 2 rings (SSSR count). The highest BCUT2D eigenvalue weighted by Gasteiger charge is 2.10. The van der Waals surface area contributed by atoms with Gasteiger partial charge < -0.3 is 9.88 Å². The summed E-state index contributed by atoms with van der Waals surface area (Å²) in [6.07, 6.45) is 3.84. The highest BCUT2D eigenvalue weighted by Crippen LogP contribution is 2.27. The molecular formula is C15H21N3. The van der Waals surface area contributed by atoms with Gasteiger partial charge in [0.25, 0.3) is 0 Å². The maximum absolute atomic E-state index is 4.39. The van der Waals surface area contributed by atoms with Gasteiger partial charge in [0.15, 0.2) is 0 Å². The van der Waals surface area contributed by atoms with E-state index in [0.717, 1.165) is 11.6 Å².